The second-order valence-electron chi connectivity index (χ2n) is 5.15. The quantitative estimate of drug-likeness (QED) is 0.641. The minimum absolute atomic E-state index is 0.454. The number of hydrogen-bond donors (Lipinski definition) is 0. The lowest BCUT2D eigenvalue weighted by atomic mass is 9.99. The zero-order chi connectivity index (χ0) is 15.9. The molecule has 1 aromatic carbocycles. The number of benzene rings is 1. The van der Waals surface area contributed by atoms with Gasteiger partial charge in [-0.25, -0.2) is 4.98 Å². The molecule has 0 saturated carbocycles. The van der Waals surface area contributed by atoms with Crippen LogP contribution in [0.15, 0.2) is 5.16 Å². The summed E-state index contributed by atoms with van der Waals surface area (Å²) in [4.78, 5) is 4.59. The third kappa shape index (κ3) is 3.08. The molecule has 21 heavy (non-hydrogen) atoms. The first-order valence-electron chi connectivity index (χ1n) is 6.42. The van der Waals surface area contributed by atoms with Crippen LogP contribution >= 0.6 is 11.3 Å². The zero-order valence-electron chi connectivity index (χ0n) is 12.9. The summed E-state index contributed by atoms with van der Waals surface area (Å²) in [5.41, 5.74) is 6.25. The van der Waals surface area contributed by atoms with Crippen molar-refractivity contribution in [2.75, 3.05) is 6.26 Å². The maximum Gasteiger partial charge on any atom is 0.325 e. The summed E-state index contributed by atoms with van der Waals surface area (Å²) >= 11 is 1.50. The Morgan fingerprint density at radius 2 is 1.67 bits per heavy atom. The summed E-state index contributed by atoms with van der Waals surface area (Å²) in [6.45, 7) is 10.00. The highest BCUT2D eigenvalue weighted by Crippen LogP contribution is 2.33. The molecule has 0 saturated heterocycles. The van der Waals surface area contributed by atoms with Crippen LogP contribution in [-0.4, -0.2) is 25.4 Å². The van der Waals surface area contributed by atoms with Crippen molar-refractivity contribution in [3.8, 4) is 0 Å². The van der Waals surface area contributed by atoms with Gasteiger partial charge in [-0.3, -0.25) is 4.28 Å². The molecule has 0 amide bonds. The van der Waals surface area contributed by atoms with Crippen LogP contribution in [0.3, 0.4) is 0 Å². The number of oxime groups is 1. The number of thiazole rings is 1. The highest BCUT2D eigenvalue weighted by molar-refractivity contribution is 7.85. The van der Waals surface area contributed by atoms with Crippen LogP contribution in [0.1, 0.15) is 34.2 Å². The number of hydrogen-bond acceptors (Lipinski definition) is 6. The van der Waals surface area contributed by atoms with Gasteiger partial charge < -0.3 is 0 Å². The lowest BCUT2D eigenvalue weighted by Crippen LogP contribution is -2.01. The van der Waals surface area contributed by atoms with E-state index >= 15 is 0 Å². The molecule has 114 valence electrons. The molecule has 1 heterocycles. The van der Waals surface area contributed by atoms with Crippen LogP contribution < -0.4 is 0 Å². The fraction of sp³-hybridized carbons (Fsp3) is 0.429. The van der Waals surface area contributed by atoms with E-state index in [0.29, 0.717) is 10.7 Å². The lowest BCUT2D eigenvalue weighted by Gasteiger charge is -2.09. The number of aryl methyl sites for hydroxylation is 2. The Morgan fingerprint density at radius 3 is 2.24 bits per heavy atom. The number of fused-ring (bicyclic) bond motifs is 1. The predicted molar refractivity (Wildman–Crippen MR) is 86.7 cm³/mol. The Balaban J connectivity index is 2.59. The van der Waals surface area contributed by atoms with Crippen LogP contribution in [-0.2, 0) is 14.4 Å². The smallest absolute Gasteiger partial charge is 0.268 e. The van der Waals surface area contributed by atoms with Crippen LogP contribution in [0, 0.1) is 27.7 Å². The second kappa shape index (κ2) is 5.38. The van der Waals surface area contributed by atoms with Crippen molar-refractivity contribution in [1.82, 2.24) is 4.98 Å². The first-order chi connectivity index (χ1) is 9.61. The van der Waals surface area contributed by atoms with Crippen molar-refractivity contribution in [2.45, 2.75) is 34.6 Å². The minimum Gasteiger partial charge on any atom is -0.268 e. The van der Waals surface area contributed by atoms with E-state index in [2.05, 4.69) is 35.2 Å². The summed E-state index contributed by atoms with van der Waals surface area (Å²) in [6, 6.07) is 0. The molecule has 0 aliphatic rings. The van der Waals surface area contributed by atoms with Gasteiger partial charge in [-0.15, -0.1) is 11.3 Å². The van der Waals surface area contributed by atoms with E-state index in [-0.39, 0.29) is 0 Å². The predicted octanol–water partition coefficient (Wildman–Crippen LogP) is 3.23. The van der Waals surface area contributed by atoms with E-state index in [9.17, 15) is 8.42 Å². The highest BCUT2D eigenvalue weighted by Gasteiger charge is 2.15. The summed E-state index contributed by atoms with van der Waals surface area (Å²) in [5, 5.41) is 4.31. The van der Waals surface area contributed by atoms with Gasteiger partial charge in [0.05, 0.1) is 16.5 Å². The summed E-state index contributed by atoms with van der Waals surface area (Å²) in [7, 11) is -3.60. The molecule has 2 rings (SSSR count). The van der Waals surface area contributed by atoms with Gasteiger partial charge in [0.25, 0.3) is 0 Å². The van der Waals surface area contributed by atoms with E-state index in [0.717, 1.165) is 22.0 Å². The Labute approximate surface area is 128 Å². The van der Waals surface area contributed by atoms with Gasteiger partial charge in [0.1, 0.15) is 10.7 Å². The zero-order valence-corrected chi connectivity index (χ0v) is 14.6. The van der Waals surface area contributed by atoms with Crippen LogP contribution in [0.5, 0.6) is 0 Å². The largest absolute Gasteiger partial charge is 0.325 e. The average molecular weight is 326 g/mol. The van der Waals surface area contributed by atoms with Crippen molar-refractivity contribution in [3.63, 3.8) is 0 Å². The molecule has 0 unspecified atom stereocenters. The molecular formula is C14H18N2O3S2. The first-order valence-corrected chi connectivity index (χ1v) is 9.05. The van der Waals surface area contributed by atoms with Crippen LogP contribution in [0.25, 0.3) is 10.2 Å². The fourth-order valence-corrected chi connectivity index (χ4v) is 3.42. The molecule has 7 heteroatoms. The minimum atomic E-state index is -3.60. The molecular weight excluding hydrogens is 308 g/mol. The van der Waals surface area contributed by atoms with Crippen molar-refractivity contribution >= 4 is 37.4 Å². The van der Waals surface area contributed by atoms with Gasteiger partial charge in [0, 0.05) is 0 Å². The molecule has 5 nitrogen and oxygen atoms in total. The molecule has 1 aromatic heterocycles. The Kier molecular flexibility index (Phi) is 4.08. The molecule has 0 radical (unpaired) electrons. The van der Waals surface area contributed by atoms with Gasteiger partial charge in [-0.05, 0) is 56.9 Å². The van der Waals surface area contributed by atoms with Gasteiger partial charge in [0.15, 0.2) is 0 Å². The van der Waals surface area contributed by atoms with Gasteiger partial charge in [-0.2, -0.15) is 8.42 Å². The standard InChI is InChI=1S/C14H18N2O3S2/c1-7-8(2)10(4)13-12(9(7)3)15-14(20-13)11(5)16-19-21(6,17)18/h1-6H3. The first kappa shape index (κ1) is 15.9. The van der Waals surface area contributed by atoms with Gasteiger partial charge in [-0.1, -0.05) is 5.16 Å². The molecule has 0 fully saturated rings. The second-order valence-corrected chi connectivity index (χ2v) is 7.71. The molecule has 0 bridgehead atoms. The van der Waals surface area contributed by atoms with Crippen LogP contribution in [0.4, 0.5) is 0 Å². The van der Waals surface area contributed by atoms with Gasteiger partial charge in [0.2, 0.25) is 0 Å². The maximum absolute atomic E-state index is 11.0. The van der Waals surface area contributed by atoms with Crippen molar-refractivity contribution < 1.29 is 12.7 Å². The maximum atomic E-state index is 11.0. The van der Waals surface area contributed by atoms with E-state index < -0.39 is 10.1 Å². The molecule has 2 aromatic rings. The topological polar surface area (TPSA) is 68.6 Å². The van der Waals surface area contributed by atoms with E-state index in [1.54, 1.807) is 6.92 Å². The van der Waals surface area contributed by atoms with E-state index in [4.69, 9.17) is 0 Å². The van der Waals surface area contributed by atoms with Crippen molar-refractivity contribution in [3.05, 3.63) is 27.3 Å². The normalized spacial score (nSPS) is 13.0. The number of aromatic nitrogens is 1. The summed E-state index contributed by atoms with van der Waals surface area (Å²) < 4.78 is 27.6. The number of rotatable bonds is 3. The Hall–Kier alpha value is -1.47. The monoisotopic (exact) mass is 326 g/mol. The highest BCUT2D eigenvalue weighted by atomic mass is 32.2. The third-order valence-corrected chi connectivity index (χ3v) is 5.26. The van der Waals surface area contributed by atoms with Crippen molar-refractivity contribution in [1.29, 1.82) is 0 Å². The number of nitrogens with zero attached hydrogens (tertiary/aromatic N) is 2. The van der Waals surface area contributed by atoms with Gasteiger partial charge >= 0.3 is 10.1 Å². The van der Waals surface area contributed by atoms with Crippen molar-refractivity contribution in [2.24, 2.45) is 5.16 Å². The van der Waals surface area contributed by atoms with Crippen LogP contribution in [0.2, 0.25) is 0 Å². The SMILES string of the molecule is CC(=NOS(C)(=O)=O)c1nc2c(C)c(C)c(C)c(C)c2s1. The molecule has 0 atom stereocenters. The molecule has 0 aliphatic carbocycles. The molecule has 0 spiro atoms. The van der Waals surface area contributed by atoms with E-state index in [1.165, 1.54) is 28.0 Å². The summed E-state index contributed by atoms with van der Waals surface area (Å²) in [5.74, 6) is 0. The lowest BCUT2D eigenvalue weighted by molar-refractivity contribution is 0.343. The third-order valence-electron chi connectivity index (χ3n) is 3.63. The fourth-order valence-electron chi connectivity index (χ4n) is 2.06. The molecule has 0 N–H and O–H groups in total. The Bertz CT molecular complexity index is 804. The van der Waals surface area contributed by atoms with E-state index in [1.807, 2.05) is 6.92 Å². The average Bonchev–Trinajstić information content (AvgIpc) is 2.84. The molecule has 0 aliphatic heterocycles. The summed E-state index contributed by atoms with van der Waals surface area (Å²) in [6.07, 6.45) is 0.961. The Morgan fingerprint density at radius 1 is 1.10 bits per heavy atom.